The Balaban J connectivity index is 3.35. The molecule has 0 amide bonds. The largest absolute Gasteiger partial charge is 0.264 e. The van der Waals surface area contributed by atoms with Crippen molar-refractivity contribution in [2.24, 2.45) is 0 Å². The van der Waals surface area contributed by atoms with Crippen LogP contribution in [-0.2, 0) is 19.7 Å². The molecule has 0 aliphatic rings. The Bertz CT molecular complexity index is 579. The van der Waals surface area contributed by atoms with Crippen molar-refractivity contribution in [2.75, 3.05) is 6.26 Å². The first-order chi connectivity index (χ1) is 8.43. The summed E-state index contributed by atoms with van der Waals surface area (Å²) >= 11 is 12.4. The summed E-state index contributed by atoms with van der Waals surface area (Å²) in [6.45, 7) is 7.46. The first kappa shape index (κ1) is 16.7. The van der Waals surface area contributed by atoms with Gasteiger partial charge in [0, 0.05) is 17.2 Å². The monoisotopic (exact) mass is 325 g/mol. The topological polar surface area (TPSA) is 56.3 Å². The van der Waals surface area contributed by atoms with E-state index in [0.717, 1.165) is 6.26 Å². The van der Waals surface area contributed by atoms with Gasteiger partial charge < -0.3 is 0 Å². The molecule has 0 unspecified atom stereocenters. The summed E-state index contributed by atoms with van der Waals surface area (Å²) in [7, 11) is -3.59. The zero-order chi connectivity index (χ0) is 15.0. The molecule has 0 bridgehead atoms. The molecule has 108 valence electrons. The van der Waals surface area contributed by atoms with Crippen LogP contribution < -0.4 is 0 Å². The molecule has 0 saturated heterocycles. The molecule has 0 aromatic carbocycles. The molecule has 0 fully saturated rings. The average Bonchev–Trinajstić information content (AvgIpc) is 2.11. The van der Waals surface area contributed by atoms with Gasteiger partial charge in [-0.15, -0.1) is 0 Å². The van der Waals surface area contributed by atoms with Gasteiger partial charge in [-0.25, -0.2) is 0 Å². The van der Waals surface area contributed by atoms with Crippen LogP contribution in [0, 0.1) is 0 Å². The number of pyridine rings is 1. The Kier molecular flexibility index (Phi) is 4.88. The summed E-state index contributed by atoms with van der Waals surface area (Å²) in [5, 5.41) is 0.630. The summed E-state index contributed by atoms with van der Waals surface area (Å²) in [5.41, 5.74) is 0.813. The quantitative estimate of drug-likeness (QED) is 0.794. The SMILES string of the molecule is C[C@H](OS(C)(=O)=O)c1c(Cl)cnc(C(C)(C)C)c1Cl. The molecule has 0 saturated carbocycles. The molecule has 1 aromatic heterocycles. The fourth-order valence-electron chi connectivity index (χ4n) is 1.69. The molecular weight excluding hydrogens is 309 g/mol. The van der Waals surface area contributed by atoms with Gasteiger partial charge in [0.2, 0.25) is 0 Å². The minimum atomic E-state index is -3.59. The van der Waals surface area contributed by atoms with Gasteiger partial charge in [0.05, 0.1) is 22.0 Å². The van der Waals surface area contributed by atoms with E-state index < -0.39 is 16.2 Å². The molecule has 0 N–H and O–H groups in total. The second-order valence-electron chi connectivity index (χ2n) is 5.37. The lowest BCUT2D eigenvalue weighted by atomic mass is 9.90. The van der Waals surface area contributed by atoms with Gasteiger partial charge in [0.1, 0.15) is 6.10 Å². The maximum Gasteiger partial charge on any atom is 0.264 e. The minimum absolute atomic E-state index is 0.277. The van der Waals surface area contributed by atoms with Crippen LogP contribution in [0.25, 0.3) is 0 Å². The zero-order valence-corrected chi connectivity index (χ0v) is 13.8. The number of rotatable bonds is 3. The Morgan fingerprint density at radius 3 is 2.26 bits per heavy atom. The average molecular weight is 326 g/mol. The highest BCUT2D eigenvalue weighted by Crippen LogP contribution is 2.38. The Morgan fingerprint density at radius 1 is 1.32 bits per heavy atom. The van der Waals surface area contributed by atoms with Crippen molar-refractivity contribution in [1.29, 1.82) is 0 Å². The second-order valence-corrected chi connectivity index (χ2v) is 7.76. The Morgan fingerprint density at radius 2 is 1.84 bits per heavy atom. The molecule has 0 aliphatic heterocycles. The molecule has 0 spiro atoms. The van der Waals surface area contributed by atoms with Crippen LogP contribution in [-0.4, -0.2) is 19.7 Å². The van der Waals surface area contributed by atoms with E-state index in [2.05, 4.69) is 4.98 Å². The lowest BCUT2D eigenvalue weighted by Crippen LogP contribution is -2.17. The third-order valence-electron chi connectivity index (χ3n) is 2.44. The second kappa shape index (κ2) is 5.56. The van der Waals surface area contributed by atoms with Gasteiger partial charge in [-0.1, -0.05) is 44.0 Å². The predicted molar refractivity (Wildman–Crippen MR) is 77.3 cm³/mol. The molecule has 0 aliphatic carbocycles. The maximum atomic E-state index is 11.2. The van der Waals surface area contributed by atoms with Gasteiger partial charge in [-0.05, 0) is 6.92 Å². The van der Waals surface area contributed by atoms with Crippen molar-refractivity contribution in [3.8, 4) is 0 Å². The molecule has 19 heavy (non-hydrogen) atoms. The number of aromatic nitrogens is 1. The van der Waals surface area contributed by atoms with Gasteiger partial charge in [0.15, 0.2) is 0 Å². The van der Waals surface area contributed by atoms with Gasteiger partial charge in [-0.2, -0.15) is 8.42 Å². The number of halogens is 2. The van der Waals surface area contributed by atoms with Crippen LogP contribution in [0.1, 0.15) is 45.1 Å². The third-order valence-corrected chi connectivity index (χ3v) is 3.77. The van der Waals surface area contributed by atoms with E-state index in [4.69, 9.17) is 27.4 Å². The third kappa shape index (κ3) is 4.31. The van der Waals surface area contributed by atoms with E-state index in [0.29, 0.717) is 16.3 Å². The molecule has 1 heterocycles. The van der Waals surface area contributed by atoms with Crippen molar-refractivity contribution in [2.45, 2.75) is 39.2 Å². The molecular formula is C12H17Cl2NO3S. The van der Waals surface area contributed by atoms with Crippen molar-refractivity contribution in [3.63, 3.8) is 0 Å². The summed E-state index contributed by atoms with van der Waals surface area (Å²) in [4.78, 5) is 4.22. The van der Waals surface area contributed by atoms with Gasteiger partial charge in [-0.3, -0.25) is 9.17 Å². The summed E-state index contributed by atoms with van der Waals surface area (Å²) in [6, 6.07) is 0. The van der Waals surface area contributed by atoms with Crippen LogP contribution in [0.4, 0.5) is 0 Å². The molecule has 1 aromatic rings. The zero-order valence-electron chi connectivity index (χ0n) is 11.5. The van der Waals surface area contributed by atoms with E-state index in [1.165, 1.54) is 6.20 Å². The van der Waals surface area contributed by atoms with E-state index in [1.807, 2.05) is 20.8 Å². The van der Waals surface area contributed by atoms with Crippen molar-refractivity contribution in [3.05, 3.63) is 27.5 Å². The van der Waals surface area contributed by atoms with Crippen molar-refractivity contribution in [1.82, 2.24) is 4.98 Å². The fourth-order valence-corrected chi connectivity index (χ4v) is 3.24. The van der Waals surface area contributed by atoms with E-state index in [-0.39, 0.29) is 10.4 Å². The number of hydrogen-bond donors (Lipinski definition) is 0. The lowest BCUT2D eigenvalue weighted by molar-refractivity contribution is 0.236. The van der Waals surface area contributed by atoms with Crippen LogP contribution in [0.5, 0.6) is 0 Å². The van der Waals surface area contributed by atoms with Crippen molar-refractivity contribution < 1.29 is 12.6 Å². The Hall–Kier alpha value is -0.360. The summed E-state index contributed by atoms with van der Waals surface area (Å²) < 4.78 is 27.3. The molecule has 0 radical (unpaired) electrons. The fraction of sp³-hybridized carbons (Fsp3) is 0.583. The van der Waals surface area contributed by atoms with Gasteiger partial charge >= 0.3 is 0 Å². The molecule has 1 rings (SSSR count). The molecule has 7 heteroatoms. The van der Waals surface area contributed by atoms with Crippen LogP contribution in [0.15, 0.2) is 6.20 Å². The molecule has 1 atom stereocenters. The van der Waals surface area contributed by atoms with E-state index in [9.17, 15) is 8.42 Å². The Labute approximate surface area is 124 Å². The minimum Gasteiger partial charge on any atom is -0.262 e. The van der Waals surface area contributed by atoms with Crippen LogP contribution >= 0.6 is 23.2 Å². The van der Waals surface area contributed by atoms with Gasteiger partial charge in [0.25, 0.3) is 10.1 Å². The standard InChI is InChI=1S/C12H17Cl2NO3S/c1-7(18-19(5,16)17)9-8(13)6-15-11(10(9)14)12(2,3)4/h6-7H,1-5H3/t7-/m0/s1. The first-order valence-corrected chi connectivity index (χ1v) is 8.23. The highest BCUT2D eigenvalue weighted by Gasteiger charge is 2.26. The predicted octanol–water partition coefficient (Wildman–Crippen LogP) is 3.72. The van der Waals surface area contributed by atoms with Crippen molar-refractivity contribution >= 4 is 33.3 Å². The van der Waals surface area contributed by atoms with Crippen LogP contribution in [0.2, 0.25) is 10.0 Å². The number of nitrogens with zero attached hydrogens (tertiary/aromatic N) is 1. The smallest absolute Gasteiger partial charge is 0.262 e. The lowest BCUT2D eigenvalue weighted by Gasteiger charge is -2.23. The highest BCUT2D eigenvalue weighted by atomic mass is 35.5. The first-order valence-electron chi connectivity index (χ1n) is 5.66. The number of hydrogen-bond acceptors (Lipinski definition) is 4. The summed E-state index contributed by atoms with van der Waals surface area (Å²) in [6.07, 6.45) is 1.68. The molecule has 4 nitrogen and oxygen atoms in total. The van der Waals surface area contributed by atoms with E-state index >= 15 is 0 Å². The van der Waals surface area contributed by atoms with E-state index in [1.54, 1.807) is 6.92 Å². The van der Waals surface area contributed by atoms with Crippen LogP contribution in [0.3, 0.4) is 0 Å². The normalized spacial score (nSPS) is 14.5. The summed E-state index contributed by atoms with van der Waals surface area (Å²) in [5.74, 6) is 0. The maximum absolute atomic E-state index is 11.2. The highest BCUT2D eigenvalue weighted by molar-refractivity contribution is 7.86.